The van der Waals surface area contributed by atoms with E-state index in [1.165, 1.54) is 18.7 Å². The number of anilines is 1. The highest BCUT2D eigenvalue weighted by molar-refractivity contribution is 7.98. The first-order chi connectivity index (χ1) is 12.5. The number of carbonyl (C=O) groups is 2. The molecule has 0 radical (unpaired) electrons. The molecule has 0 bridgehead atoms. The monoisotopic (exact) mass is 367 g/mol. The topological polar surface area (TPSA) is 85.1 Å². The molecular weight excluding hydrogens is 350 g/mol. The van der Waals surface area contributed by atoms with Crippen LogP contribution in [0.2, 0.25) is 0 Å². The smallest absolute Gasteiger partial charge is 0.260 e. The number of hydrogen-bond acceptors (Lipinski definition) is 6. The molecule has 0 aliphatic carbocycles. The Morgan fingerprint density at radius 3 is 2.42 bits per heavy atom. The second kappa shape index (κ2) is 7.53. The van der Waals surface area contributed by atoms with Gasteiger partial charge in [-0.3, -0.25) is 9.59 Å². The molecule has 0 saturated heterocycles. The highest BCUT2D eigenvalue weighted by Gasteiger charge is 2.20. The Morgan fingerprint density at radius 1 is 1.12 bits per heavy atom. The molecule has 0 fully saturated rings. The summed E-state index contributed by atoms with van der Waals surface area (Å²) in [5, 5.41) is 3.40. The SMILES string of the molecule is CSc1nc(-c2ccco2)nc(C)c1C(=O)Nc1ccc(C(C)=O)cc1. The third kappa shape index (κ3) is 3.67. The van der Waals surface area contributed by atoms with E-state index in [0.717, 1.165) is 0 Å². The minimum Gasteiger partial charge on any atom is -0.461 e. The zero-order valence-electron chi connectivity index (χ0n) is 14.6. The molecule has 0 saturated carbocycles. The van der Waals surface area contributed by atoms with Crippen molar-refractivity contribution in [2.24, 2.45) is 0 Å². The minimum atomic E-state index is -0.298. The van der Waals surface area contributed by atoms with Gasteiger partial charge < -0.3 is 9.73 Å². The lowest BCUT2D eigenvalue weighted by molar-refractivity contribution is 0.101. The minimum absolute atomic E-state index is 0.0229. The number of thioether (sulfide) groups is 1. The summed E-state index contributed by atoms with van der Waals surface area (Å²) in [6, 6.07) is 10.3. The van der Waals surface area contributed by atoms with Crippen LogP contribution in [0.4, 0.5) is 5.69 Å². The fourth-order valence-electron chi connectivity index (χ4n) is 2.45. The Balaban J connectivity index is 1.90. The summed E-state index contributed by atoms with van der Waals surface area (Å²) in [5.41, 5.74) is 2.17. The zero-order valence-corrected chi connectivity index (χ0v) is 15.4. The first-order valence-corrected chi connectivity index (χ1v) is 9.11. The second-order valence-corrected chi connectivity index (χ2v) is 6.38. The van der Waals surface area contributed by atoms with Crippen LogP contribution in [0.1, 0.15) is 33.3 Å². The molecule has 0 aliphatic rings. The van der Waals surface area contributed by atoms with Gasteiger partial charge in [-0.1, -0.05) is 0 Å². The predicted molar refractivity (Wildman–Crippen MR) is 101 cm³/mol. The van der Waals surface area contributed by atoms with Crippen molar-refractivity contribution in [1.82, 2.24) is 9.97 Å². The zero-order chi connectivity index (χ0) is 18.7. The molecule has 0 atom stereocenters. The maximum atomic E-state index is 12.7. The number of hydrogen-bond donors (Lipinski definition) is 1. The molecule has 26 heavy (non-hydrogen) atoms. The maximum absolute atomic E-state index is 12.7. The molecule has 3 aromatic rings. The Morgan fingerprint density at radius 2 is 1.85 bits per heavy atom. The molecule has 2 heterocycles. The lowest BCUT2D eigenvalue weighted by Crippen LogP contribution is -2.17. The summed E-state index contributed by atoms with van der Waals surface area (Å²) < 4.78 is 5.34. The van der Waals surface area contributed by atoms with Crippen LogP contribution in [0.25, 0.3) is 11.6 Å². The van der Waals surface area contributed by atoms with Crippen LogP contribution in [-0.2, 0) is 0 Å². The number of nitrogens with one attached hydrogen (secondary N) is 1. The van der Waals surface area contributed by atoms with Crippen LogP contribution < -0.4 is 5.32 Å². The first kappa shape index (κ1) is 17.9. The molecule has 2 aromatic heterocycles. The summed E-state index contributed by atoms with van der Waals surface area (Å²) in [6.07, 6.45) is 3.41. The summed E-state index contributed by atoms with van der Waals surface area (Å²) in [6.45, 7) is 3.27. The molecule has 1 aromatic carbocycles. The van der Waals surface area contributed by atoms with Gasteiger partial charge in [0.2, 0.25) is 0 Å². The fourth-order valence-corrected chi connectivity index (χ4v) is 3.08. The van der Waals surface area contributed by atoms with Crippen molar-refractivity contribution in [2.45, 2.75) is 18.9 Å². The Labute approximate surface area is 155 Å². The number of Topliss-reactive ketones (excluding diaryl/α,β-unsaturated/α-hetero) is 1. The van der Waals surface area contributed by atoms with Crippen LogP contribution >= 0.6 is 11.8 Å². The largest absolute Gasteiger partial charge is 0.461 e. The van der Waals surface area contributed by atoms with E-state index in [1.807, 2.05) is 6.26 Å². The molecule has 7 heteroatoms. The van der Waals surface area contributed by atoms with Crippen molar-refractivity contribution in [3.63, 3.8) is 0 Å². The van der Waals surface area contributed by atoms with Crippen molar-refractivity contribution < 1.29 is 14.0 Å². The highest BCUT2D eigenvalue weighted by atomic mass is 32.2. The molecule has 1 amide bonds. The average molecular weight is 367 g/mol. The van der Waals surface area contributed by atoms with Crippen molar-refractivity contribution in [3.05, 3.63) is 59.5 Å². The van der Waals surface area contributed by atoms with Gasteiger partial charge in [0.05, 0.1) is 17.5 Å². The number of rotatable bonds is 5. The van der Waals surface area contributed by atoms with Crippen LogP contribution in [0.3, 0.4) is 0 Å². The number of aromatic nitrogens is 2. The predicted octanol–water partition coefficient (Wildman–Crippen LogP) is 4.22. The Kier molecular flexibility index (Phi) is 5.18. The van der Waals surface area contributed by atoms with Gasteiger partial charge in [0, 0.05) is 11.3 Å². The van der Waals surface area contributed by atoms with E-state index in [9.17, 15) is 9.59 Å². The van der Waals surface area contributed by atoms with E-state index in [1.54, 1.807) is 49.6 Å². The Hall–Kier alpha value is -2.93. The molecule has 3 rings (SSSR count). The van der Waals surface area contributed by atoms with E-state index in [2.05, 4.69) is 15.3 Å². The maximum Gasteiger partial charge on any atom is 0.260 e. The lowest BCUT2D eigenvalue weighted by atomic mass is 10.1. The lowest BCUT2D eigenvalue weighted by Gasteiger charge is -2.12. The van der Waals surface area contributed by atoms with E-state index in [0.29, 0.717) is 39.1 Å². The van der Waals surface area contributed by atoms with Gasteiger partial charge in [-0.2, -0.15) is 0 Å². The van der Waals surface area contributed by atoms with Gasteiger partial charge in [-0.25, -0.2) is 9.97 Å². The van der Waals surface area contributed by atoms with Gasteiger partial charge >= 0.3 is 0 Å². The third-order valence-electron chi connectivity index (χ3n) is 3.77. The number of benzene rings is 1. The summed E-state index contributed by atoms with van der Waals surface area (Å²) in [7, 11) is 0. The number of carbonyl (C=O) groups excluding carboxylic acids is 2. The van der Waals surface area contributed by atoms with E-state index >= 15 is 0 Å². The number of aryl methyl sites for hydroxylation is 1. The fraction of sp³-hybridized carbons (Fsp3) is 0.158. The summed E-state index contributed by atoms with van der Waals surface area (Å²) >= 11 is 1.37. The van der Waals surface area contributed by atoms with E-state index < -0.39 is 0 Å². The second-order valence-electron chi connectivity index (χ2n) is 5.58. The van der Waals surface area contributed by atoms with Crippen molar-refractivity contribution >= 4 is 29.1 Å². The van der Waals surface area contributed by atoms with Crippen molar-refractivity contribution in [2.75, 3.05) is 11.6 Å². The normalized spacial score (nSPS) is 10.6. The first-order valence-electron chi connectivity index (χ1n) is 7.88. The van der Waals surface area contributed by atoms with Gasteiger partial charge in [0.15, 0.2) is 17.4 Å². The van der Waals surface area contributed by atoms with Gasteiger partial charge in [-0.15, -0.1) is 11.8 Å². The van der Waals surface area contributed by atoms with Gasteiger partial charge in [0.25, 0.3) is 5.91 Å². The number of amides is 1. The molecular formula is C19H17N3O3S. The molecule has 0 unspecified atom stereocenters. The average Bonchev–Trinajstić information content (AvgIpc) is 3.16. The molecule has 0 aliphatic heterocycles. The summed E-state index contributed by atoms with van der Waals surface area (Å²) in [4.78, 5) is 32.9. The standard InChI is InChI=1S/C19H17N3O3S/c1-11-16(18(24)21-14-8-6-13(7-9-14)12(2)23)19(26-3)22-17(20-11)15-5-4-10-25-15/h4-10H,1-3H3,(H,21,24). The van der Waals surface area contributed by atoms with Gasteiger partial charge in [0.1, 0.15) is 5.03 Å². The molecule has 6 nitrogen and oxygen atoms in total. The molecule has 0 spiro atoms. The van der Waals surface area contributed by atoms with Gasteiger partial charge in [-0.05, 0) is 56.5 Å². The van der Waals surface area contributed by atoms with Crippen LogP contribution in [0.15, 0.2) is 52.1 Å². The number of ketones is 1. The third-order valence-corrected chi connectivity index (χ3v) is 4.45. The van der Waals surface area contributed by atoms with Crippen LogP contribution in [0.5, 0.6) is 0 Å². The van der Waals surface area contributed by atoms with E-state index in [4.69, 9.17) is 4.42 Å². The quantitative estimate of drug-likeness (QED) is 0.413. The number of nitrogens with zero attached hydrogens (tertiary/aromatic N) is 2. The molecule has 1 N–H and O–H groups in total. The number of furan rings is 1. The van der Waals surface area contributed by atoms with Crippen LogP contribution in [-0.4, -0.2) is 27.9 Å². The Bertz CT molecular complexity index is 951. The van der Waals surface area contributed by atoms with Crippen LogP contribution in [0, 0.1) is 6.92 Å². The summed E-state index contributed by atoms with van der Waals surface area (Å²) in [5.74, 6) is 0.674. The highest BCUT2D eigenvalue weighted by Crippen LogP contribution is 2.26. The molecule has 132 valence electrons. The van der Waals surface area contributed by atoms with E-state index in [-0.39, 0.29) is 11.7 Å². The van der Waals surface area contributed by atoms with Crippen molar-refractivity contribution in [3.8, 4) is 11.6 Å². The van der Waals surface area contributed by atoms with Crippen molar-refractivity contribution in [1.29, 1.82) is 0 Å².